The minimum atomic E-state index is 0. The van der Waals surface area contributed by atoms with Crippen LogP contribution in [0.5, 0.6) is 0 Å². The Morgan fingerprint density at radius 3 is 1.88 bits per heavy atom. The summed E-state index contributed by atoms with van der Waals surface area (Å²) in [5.41, 5.74) is 2.56. The van der Waals surface area contributed by atoms with E-state index in [0.29, 0.717) is 13.2 Å². The van der Waals surface area contributed by atoms with E-state index in [4.69, 9.17) is 9.47 Å². The van der Waals surface area contributed by atoms with Gasteiger partial charge in [-0.3, -0.25) is 0 Å². The maximum Gasteiger partial charge on any atom is 0.130 e. The second-order valence-corrected chi connectivity index (χ2v) is 7.61. The highest BCUT2D eigenvalue weighted by atomic mass is 127. The average molecular weight is 453 g/mol. The number of likely N-dealkylation sites (N-methyl/N-ethyl adjacent to an activating group) is 1. The van der Waals surface area contributed by atoms with Crippen molar-refractivity contribution in [1.29, 1.82) is 0 Å². The van der Waals surface area contributed by atoms with Gasteiger partial charge in [-0.15, -0.1) is 0 Å². The molecule has 1 aliphatic heterocycles. The highest BCUT2D eigenvalue weighted by Gasteiger charge is 2.33. The van der Waals surface area contributed by atoms with Crippen molar-refractivity contribution in [3.05, 3.63) is 71.8 Å². The van der Waals surface area contributed by atoms with Gasteiger partial charge in [-0.1, -0.05) is 60.7 Å². The van der Waals surface area contributed by atoms with Crippen molar-refractivity contribution in [3.63, 3.8) is 0 Å². The van der Waals surface area contributed by atoms with Gasteiger partial charge in [-0.25, -0.2) is 0 Å². The van der Waals surface area contributed by atoms with Crippen LogP contribution in [-0.2, 0) is 9.47 Å². The molecule has 0 radical (unpaired) electrons. The van der Waals surface area contributed by atoms with Gasteiger partial charge in [0.2, 0.25) is 0 Å². The number of hydrogen-bond acceptors (Lipinski definition) is 2. The largest absolute Gasteiger partial charge is 1.00 e. The number of nitrogens with zero attached hydrogens (tertiary/aromatic N) is 1. The number of rotatable bonds is 5. The normalized spacial score (nSPS) is 21.0. The zero-order valence-electron chi connectivity index (χ0n) is 15.3. The third kappa shape index (κ3) is 5.78. The fraction of sp³-hybridized carbons (Fsp3) is 0.429. The molecule has 4 heteroatoms. The topological polar surface area (TPSA) is 18.5 Å². The molecule has 136 valence electrons. The molecular weight excluding hydrogens is 425 g/mol. The zero-order chi connectivity index (χ0) is 17.0. The first-order valence-corrected chi connectivity index (χ1v) is 8.66. The quantitative estimate of drug-likeness (QED) is 0.480. The van der Waals surface area contributed by atoms with Crippen molar-refractivity contribution in [3.8, 4) is 0 Å². The van der Waals surface area contributed by atoms with E-state index in [0.717, 1.165) is 11.0 Å². The first-order valence-electron chi connectivity index (χ1n) is 8.66. The molecule has 0 N–H and O–H groups in total. The molecule has 25 heavy (non-hydrogen) atoms. The van der Waals surface area contributed by atoms with Gasteiger partial charge in [0.25, 0.3) is 0 Å². The molecule has 0 unspecified atom stereocenters. The number of hydrogen-bond donors (Lipinski definition) is 0. The standard InChI is InChI=1S/C21H28NO2.HI/c1-22(2,3)14-19-15-23-16-20(24-19)21(17-10-6-4-7-11-17)18-12-8-5-9-13-18;/h4-13,19-21H,14-16H2,1-3H3;1H/q+1;/p-1/t19-,20+;/m1./s1. The highest BCUT2D eigenvalue weighted by molar-refractivity contribution is 5.34. The molecule has 0 bridgehead atoms. The average Bonchev–Trinajstić information content (AvgIpc) is 2.56. The van der Waals surface area contributed by atoms with Gasteiger partial charge in [0, 0.05) is 5.92 Å². The molecule has 2 aromatic carbocycles. The molecule has 3 rings (SSSR count). The highest BCUT2D eigenvalue weighted by Crippen LogP contribution is 2.32. The van der Waals surface area contributed by atoms with Gasteiger partial charge < -0.3 is 37.9 Å². The van der Waals surface area contributed by atoms with Gasteiger partial charge in [0.05, 0.1) is 40.5 Å². The van der Waals surface area contributed by atoms with Crippen molar-refractivity contribution in [2.75, 3.05) is 40.9 Å². The second-order valence-electron chi connectivity index (χ2n) is 7.61. The van der Waals surface area contributed by atoms with Crippen LogP contribution >= 0.6 is 0 Å². The molecule has 1 saturated heterocycles. The monoisotopic (exact) mass is 453 g/mol. The number of quaternary nitrogens is 1. The van der Waals surface area contributed by atoms with Gasteiger partial charge >= 0.3 is 0 Å². The van der Waals surface area contributed by atoms with Crippen LogP contribution in [0.25, 0.3) is 0 Å². The molecule has 0 amide bonds. The molecule has 0 spiro atoms. The lowest BCUT2D eigenvalue weighted by molar-refractivity contribution is -0.874. The van der Waals surface area contributed by atoms with Gasteiger partial charge in [0.1, 0.15) is 12.6 Å². The minimum Gasteiger partial charge on any atom is -1.00 e. The summed E-state index contributed by atoms with van der Waals surface area (Å²) in [6, 6.07) is 21.2. The lowest BCUT2D eigenvalue weighted by Gasteiger charge is -2.38. The summed E-state index contributed by atoms with van der Waals surface area (Å²) < 4.78 is 13.3. The predicted octanol–water partition coefficient (Wildman–Crippen LogP) is 0.313. The third-order valence-corrected chi connectivity index (χ3v) is 4.39. The van der Waals surface area contributed by atoms with E-state index in [1.165, 1.54) is 11.1 Å². The SMILES string of the molecule is C[N+](C)(C)C[C@@H]1COC[C@@H](C(c2ccccc2)c2ccccc2)O1.[I-]. The number of benzene rings is 2. The fourth-order valence-electron chi connectivity index (χ4n) is 3.47. The predicted molar refractivity (Wildman–Crippen MR) is 97.1 cm³/mol. The zero-order valence-corrected chi connectivity index (χ0v) is 17.4. The number of ether oxygens (including phenoxy) is 2. The van der Waals surface area contributed by atoms with Gasteiger partial charge in [-0.2, -0.15) is 0 Å². The number of halogens is 1. The van der Waals surface area contributed by atoms with Crippen LogP contribution in [0, 0.1) is 0 Å². The van der Waals surface area contributed by atoms with Gasteiger partial charge in [0.15, 0.2) is 0 Å². The first kappa shape index (κ1) is 20.4. The van der Waals surface area contributed by atoms with Crippen molar-refractivity contribution in [2.24, 2.45) is 0 Å². The molecule has 0 aliphatic carbocycles. The first-order chi connectivity index (χ1) is 11.5. The summed E-state index contributed by atoms with van der Waals surface area (Å²) in [6.45, 7) is 2.28. The van der Waals surface area contributed by atoms with E-state index in [-0.39, 0.29) is 42.1 Å². The van der Waals surface area contributed by atoms with Crippen LogP contribution in [-0.4, -0.2) is 57.6 Å². The molecule has 1 fully saturated rings. The van der Waals surface area contributed by atoms with Crippen molar-refractivity contribution in [2.45, 2.75) is 18.1 Å². The van der Waals surface area contributed by atoms with E-state index >= 15 is 0 Å². The molecule has 0 saturated carbocycles. The lowest BCUT2D eigenvalue weighted by Crippen LogP contribution is -3.00. The Bertz CT molecular complexity index is 588. The second kappa shape index (κ2) is 9.12. The summed E-state index contributed by atoms with van der Waals surface area (Å²) in [6.07, 6.45) is 0.179. The molecule has 0 aromatic heterocycles. The Morgan fingerprint density at radius 1 is 0.880 bits per heavy atom. The fourth-order valence-corrected chi connectivity index (χ4v) is 3.47. The summed E-state index contributed by atoms with van der Waals surface area (Å²) in [5.74, 6) is 0.197. The van der Waals surface area contributed by atoms with E-state index in [1.54, 1.807) is 0 Å². The molecule has 1 aliphatic rings. The molecular formula is C21H28INO2. The Labute approximate surface area is 168 Å². The minimum absolute atomic E-state index is 0. The summed E-state index contributed by atoms with van der Waals surface area (Å²) in [4.78, 5) is 0. The third-order valence-electron chi connectivity index (χ3n) is 4.39. The lowest BCUT2D eigenvalue weighted by atomic mass is 9.86. The Hall–Kier alpha value is -0.950. The van der Waals surface area contributed by atoms with Crippen LogP contribution in [0.3, 0.4) is 0 Å². The Balaban J connectivity index is 0.00000225. The van der Waals surface area contributed by atoms with Crippen LogP contribution in [0.4, 0.5) is 0 Å². The molecule has 3 nitrogen and oxygen atoms in total. The van der Waals surface area contributed by atoms with E-state index in [1.807, 2.05) is 0 Å². The summed E-state index contributed by atoms with van der Waals surface area (Å²) in [7, 11) is 6.58. The van der Waals surface area contributed by atoms with Crippen LogP contribution < -0.4 is 24.0 Å². The van der Waals surface area contributed by atoms with Crippen LogP contribution in [0.1, 0.15) is 17.0 Å². The van der Waals surface area contributed by atoms with Crippen molar-refractivity contribution >= 4 is 0 Å². The molecule has 2 aromatic rings. The van der Waals surface area contributed by atoms with Crippen molar-refractivity contribution in [1.82, 2.24) is 0 Å². The Kier molecular flexibility index (Phi) is 7.43. The molecule has 2 atom stereocenters. The molecule has 1 heterocycles. The van der Waals surface area contributed by atoms with Crippen molar-refractivity contribution < 1.29 is 37.9 Å². The summed E-state index contributed by atoms with van der Waals surface area (Å²) >= 11 is 0. The van der Waals surface area contributed by atoms with E-state index in [9.17, 15) is 0 Å². The summed E-state index contributed by atoms with van der Waals surface area (Å²) in [5, 5.41) is 0. The maximum atomic E-state index is 6.49. The van der Waals surface area contributed by atoms with Gasteiger partial charge in [-0.05, 0) is 11.1 Å². The van der Waals surface area contributed by atoms with E-state index in [2.05, 4.69) is 81.8 Å². The smallest absolute Gasteiger partial charge is 0.130 e. The van der Waals surface area contributed by atoms with Crippen LogP contribution in [0.15, 0.2) is 60.7 Å². The van der Waals surface area contributed by atoms with Crippen LogP contribution in [0.2, 0.25) is 0 Å². The van der Waals surface area contributed by atoms with E-state index < -0.39 is 0 Å². The maximum absolute atomic E-state index is 6.49. The Morgan fingerprint density at radius 2 is 1.40 bits per heavy atom.